The molecule has 0 aromatic heterocycles. The Bertz CT molecular complexity index is 91.0. The lowest BCUT2D eigenvalue weighted by Crippen LogP contribution is -2.24. The molecule has 0 aromatic carbocycles. The number of hydrogen-bond donors (Lipinski definition) is 2. The van der Waals surface area contributed by atoms with Gasteiger partial charge in [0.2, 0.25) is 0 Å². The van der Waals surface area contributed by atoms with Gasteiger partial charge in [-0.05, 0) is 12.8 Å². The Labute approximate surface area is 52.7 Å². The quantitative estimate of drug-likeness (QED) is 0.459. The van der Waals surface area contributed by atoms with Gasteiger partial charge in [-0.15, -0.1) is 0 Å². The molecule has 0 radical (unpaired) electrons. The van der Waals surface area contributed by atoms with E-state index in [4.69, 9.17) is 10.2 Å². The second kappa shape index (κ2) is 4.29. The fourth-order valence-corrected chi connectivity index (χ4v) is 0.376. The molecule has 9 heavy (non-hydrogen) atoms. The van der Waals surface area contributed by atoms with E-state index < -0.39 is 18.7 Å². The van der Waals surface area contributed by atoms with E-state index in [1.165, 1.54) is 0 Å². The van der Waals surface area contributed by atoms with Crippen LogP contribution in [0.2, 0.25) is 0 Å². The molecule has 0 spiro atoms. The first-order chi connectivity index (χ1) is 4.16. The average molecular weight is 133 g/mol. The molecular formula is C5H9O4-. The SMILES string of the molecule is O=C([O-])CCC(O)CO. The van der Waals surface area contributed by atoms with Gasteiger partial charge in [0.25, 0.3) is 0 Å². The Morgan fingerprint density at radius 2 is 2.22 bits per heavy atom. The van der Waals surface area contributed by atoms with Crippen LogP contribution in [0.25, 0.3) is 0 Å². The minimum Gasteiger partial charge on any atom is -0.550 e. The fourth-order valence-electron chi connectivity index (χ4n) is 0.376. The first-order valence-electron chi connectivity index (χ1n) is 2.65. The van der Waals surface area contributed by atoms with E-state index in [1.807, 2.05) is 0 Å². The molecule has 0 aromatic rings. The van der Waals surface area contributed by atoms with Crippen LogP contribution in [0, 0.1) is 0 Å². The van der Waals surface area contributed by atoms with Crippen molar-refractivity contribution < 1.29 is 20.1 Å². The van der Waals surface area contributed by atoms with Crippen LogP contribution in [0.3, 0.4) is 0 Å². The molecule has 0 aliphatic rings. The summed E-state index contributed by atoms with van der Waals surface area (Å²) in [5.74, 6) is -1.21. The van der Waals surface area contributed by atoms with Crippen molar-refractivity contribution in [2.24, 2.45) is 0 Å². The second-order valence-electron chi connectivity index (χ2n) is 1.75. The summed E-state index contributed by atoms with van der Waals surface area (Å²) in [6.45, 7) is -0.396. The molecule has 0 bridgehead atoms. The van der Waals surface area contributed by atoms with Gasteiger partial charge in [-0.2, -0.15) is 0 Å². The molecule has 1 unspecified atom stereocenters. The van der Waals surface area contributed by atoms with Crippen LogP contribution in [0.15, 0.2) is 0 Å². The average Bonchev–Trinajstić information content (AvgIpc) is 1.83. The monoisotopic (exact) mass is 133 g/mol. The summed E-state index contributed by atoms with van der Waals surface area (Å²) in [6.07, 6.45) is -1.08. The molecule has 0 fully saturated rings. The summed E-state index contributed by atoms with van der Waals surface area (Å²) >= 11 is 0. The molecule has 0 amide bonds. The van der Waals surface area contributed by atoms with Gasteiger partial charge in [-0.25, -0.2) is 0 Å². The summed E-state index contributed by atoms with van der Waals surface area (Å²) in [5, 5.41) is 26.5. The lowest BCUT2D eigenvalue weighted by Gasteiger charge is -2.05. The van der Waals surface area contributed by atoms with Crippen LogP contribution < -0.4 is 5.11 Å². The topological polar surface area (TPSA) is 80.6 Å². The highest BCUT2D eigenvalue weighted by Crippen LogP contribution is 1.93. The van der Waals surface area contributed by atoms with E-state index in [0.717, 1.165) is 0 Å². The van der Waals surface area contributed by atoms with E-state index in [2.05, 4.69) is 0 Å². The number of carbonyl (C=O) groups excluding carboxylic acids is 1. The minimum absolute atomic E-state index is 0.0544. The lowest BCUT2D eigenvalue weighted by molar-refractivity contribution is -0.306. The Balaban J connectivity index is 3.16. The molecule has 4 nitrogen and oxygen atoms in total. The van der Waals surface area contributed by atoms with Gasteiger partial charge in [0.05, 0.1) is 12.7 Å². The maximum atomic E-state index is 9.72. The lowest BCUT2D eigenvalue weighted by atomic mass is 10.2. The van der Waals surface area contributed by atoms with Gasteiger partial charge >= 0.3 is 0 Å². The van der Waals surface area contributed by atoms with Gasteiger partial charge in [0, 0.05) is 5.97 Å². The largest absolute Gasteiger partial charge is 0.550 e. The van der Waals surface area contributed by atoms with Crippen LogP contribution in [0.1, 0.15) is 12.8 Å². The zero-order chi connectivity index (χ0) is 7.28. The molecule has 0 rings (SSSR count). The number of carboxylic acids is 1. The number of rotatable bonds is 4. The first kappa shape index (κ1) is 8.39. The predicted molar refractivity (Wildman–Crippen MR) is 27.3 cm³/mol. The molecule has 2 N–H and O–H groups in total. The van der Waals surface area contributed by atoms with Crippen molar-refractivity contribution in [2.45, 2.75) is 18.9 Å². The van der Waals surface area contributed by atoms with Crippen molar-refractivity contribution in [2.75, 3.05) is 6.61 Å². The van der Waals surface area contributed by atoms with Crippen molar-refractivity contribution in [3.05, 3.63) is 0 Å². The van der Waals surface area contributed by atoms with Gasteiger partial charge < -0.3 is 20.1 Å². The number of carboxylic acid groups (broad SMARTS) is 1. The molecule has 0 aliphatic carbocycles. The van der Waals surface area contributed by atoms with Crippen LogP contribution in [-0.4, -0.2) is 28.9 Å². The summed E-state index contributed by atoms with van der Waals surface area (Å²) < 4.78 is 0. The van der Waals surface area contributed by atoms with Crippen molar-refractivity contribution in [1.29, 1.82) is 0 Å². The summed E-state index contributed by atoms with van der Waals surface area (Å²) in [7, 11) is 0. The number of aliphatic hydroxyl groups is 2. The second-order valence-corrected chi connectivity index (χ2v) is 1.75. The zero-order valence-corrected chi connectivity index (χ0v) is 4.91. The third kappa shape index (κ3) is 5.26. The Hall–Kier alpha value is -0.610. The smallest absolute Gasteiger partial charge is 0.0774 e. The molecule has 0 saturated carbocycles. The van der Waals surface area contributed by atoms with Crippen molar-refractivity contribution in [3.8, 4) is 0 Å². The molecule has 4 heteroatoms. The van der Waals surface area contributed by atoms with E-state index in [0.29, 0.717) is 0 Å². The number of carbonyl (C=O) groups is 1. The van der Waals surface area contributed by atoms with E-state index >= 15 is 0 Å². The molecular weight excluding hydrogens is 124 g/mol. The maximum absolute atomic E-state index is 9.72. The van der Waals surface area contributed by atoms with Gasteiger partial charge in [0.15, 0.2) is 0 Å². The van der Waals surface area contributed by atoms with Crippen molar-refractivity contribution in [1.82, 2.24) is 0 Å². The number of hydrogen-bond acceptors (Lipinski definition) is 4. The fraction of sp³-hybridized carbons (Fsp3) is 0.800. The number of aliphatic carboxylic acids is 1. The Morgan fingerprint density at radius 1 is 1.67 bits per heavy atom. The van der Waals surface area contributed by atoms with Gasteiger partial charge in [-0.3, -0.25) is 0 Å². The Kier molecular flexibility index (Phi) is 4.00. The summed E-state index contributed by atoms with van der Waals surface area (Å²) in [6, 6.07) is 0. The maximum Gasteiger partial charge on any atom is 0.0774 e. The Morgan fingerprint density at radius 3 is 2.56 bits per heavy atom. The van der Waals surface area contributed by atoms with Crippen molar-refractivity contribution >= 4 is 5.97 Å². The zero-order valence-electron chi connectivity index (χ0n) is 4.91. The van der Waals surface area contributed by atoms with E-state index in [9.17, 15) is 9.90 Å². The van der Waals surface area contributed by atoms with Crippen LogP contribution in [0.5, 0.6) is 0 Å². The molecule has 0 heterocycles. The minimum atomic E-state index is -1.21. The molecule has 54 valence electrons. The normalized spacial score (nSPS) is 13.1. The van der Waals surface area contributed by atoms with Crippen LogP contribution in [0.4, 0.5) is 0 Å². The van der Waals surface area contributed by atoms with E-state index in [1.54, 1.807) is 0 Å². The predicted octanol–water partition coefficient (Wildman–Crippen LogP) is -2.13. The third-order valence-corrected chi connectivity index (χ3v) is 0.892. The highest BCUT2D eigenvalue weighted by molar-refractivity contribution is 5.64. The molecule has 0 aliphatic heterocycles. The standard InChI is InChI=1S/C5H10O4/c6-3-4(7)1-2-5(8)9/h4,6-7H,1-3H2,(H,8,9)/p-1. The number of aliphatic hydroxyl groups excluding tert-OH is 2. The molecule has 1 atom stereocenters. The molecule has 0 saturated heterocycles. The summed E-state index contributed by atoms with van der Waals surface area (Å²) in [4.78, 5) is 9.72. The third-order valence-electron chi connectivity index (χ3n) is 0.892. The van der Waals surface area contributed by atoms with Gasteiger partial charge in [-0.1, -0.05) is 0 Å². The highest BCUT2D eigenvalue weighted by Gasteiger charge is 1.99. The van der Waals surface area contributed by atoms with E-state index in [-0.39, 0.29) is 12.8 Å². The van der Waals surface area contributed by atoms with Crippen LogP contribution >= 0.6 is 0 Å². The first-order valence-corrected chi connectivity index (χ1v) is 2.65. The summed E-state index contributed by atoms with van der Waals surface area (Å²) in [5.41, 5.74) is 0. The van der Waals surface area contributed by atoms with Crippen LogP contribution in [-0.2, 0) is 4.79 Å². The highest BCUT2D eigenvalue weighted by atomic mass is 16.4. The van der Waals surface area contributed by atoms with Gasteiger partial charge in [0.1, 0.15) is 0 Å². The van der Waals surface area contributed by atoms with Crippen molar-refractivity contribution in [3.63, 3.8) is 0 Å².